The average molecular weight is 522 g/mol. The van der Waals surface area contributed by atoms with Gasteiger partial charge in [-0.05, 0) is 39.2 Å². The fourth-order valence-corrected chi connectivity index (χ4v) is 4.68. The van der Waals surface area contributed by atoms with Gasteiger partial charge in [0.15, 0.2) is 16.3 Å². The molecule has 0 fully saturated rings. The van der Waals surface area contributed by atoms with Gasteiger partial charge >= 0.3 is 5.69 Å². The van der Waals surface area contributed by atoms with Crippen LogP contribution < -0.4 is 20.9 Å². The molecular formula is C22H28ClN7O4S. The maximum Gasteiger partial charge on any atom is 0.332 e. The number of amides is 1. The van der Waals surface area contributed by atoms with Crippen LogP contribution in [0.5, 0.6) is 5.75 Å². The second kappa shape index (κ2) is 10.6. The average Bonchev–Trinajstić information content (AvgIpc) is 3.40. The van der Waals surface area contributed by atoms with Crippen LogP contribution in [0.15, 0.2) is 34.1 Å². The first-order valence-electron chi connectivity index (χ1n) is 10.8. The molecule has 0 unspecified atom stereocenters. The number of halogens is 1. The molecule has 0 saturated heterocycles. The molecule has 188 valence electrons. The zero-order valence-electron chi connectivity index (χ0n) is 20.2. The summed E-state index contributed by atoms with van der Waals surface area (Å²) in [5, 5.41) is 0.570. The fourth-order valence-electron chi connectivity index (χ4n) is 3.64. The first-order valence-corrected chi connectivity index (χ1v) is 11.6. The summed E-state index contributed by atoms with van der Waals surface area (Å²) >= 11 is 1.41. The number of imidazole rings is 1. The van der Waals surface area contributed by atoms with E-state index in [1.807, 2.05) is 44.1 Å². The van der Waals surface area contributed by atoms with Crippen LogP contribution in [0, 0.1) is 0 Å². The van der Waals surface area contributed by atoms with Crippen molar-refractivity contribution < 1.29 is 9.53 Å². The van der Waals surface area contributed by atoms with Crippen molar-refractivity contribution >= 4 is 56.2 Å². The Labute approximate surface area is 211 Å². The normalized spacial score (nSPS) is 11.3. The molecule has 0 N–H and O–H groups in total. The molecule has 0 saturated carbocycles. The largest absolute Gasteiger partial charge is 0.494 e. The standard InChI is InChI=1S/C22H27N7O4S.ClH/c1-6-33-14-7-8-15-16(11-14)34-21(24-15)29(10-9-25(2)3)17(30)12-28-13-23-19-18(28)20(31)27(5)22(32)26(19)4;/h7-8,11,13H,6,9-10,12H2,1-5H3;1H. The molecular weight excluding hydrogens is 494 g/mol. The third kappa shape index (κ3) is 5.09. The predicted molar refractivity (Wildman–Crippen MR) is 139 cm³/mol. The Hall–Kier alpha value is -3.22. The molecule has 0 atom stereocenters. The van der Waals surface area contributed by atoms with Gasteiger partial charge < -0.3 is 14.2 Å². The van der Waals surface area contributed by atoms with Crippen LogP contribution in [-0.4, -0.2) is 68.3 Å². The Morgan fingerprint density at radius 2 is 1.89 bits per heavy atom. The monoisotopic (exact) mass is 521 g/mol. The third-order valence-electron chi connectivity index (χ3n) is 5.49. The van der Waals surface area contributed by atoms with Gasteiger partial charge in [0.25, 0.3) is 5.56 Å². The number of thiazole rings is 1. The summed E-state index contributed by atoms with van der Waals surface area (Å²) in [5.74, 6) is 0.517. The van der Waals surface area contributed by atoms with Crippen LogP contribution in [0.25, 0.3) is 21.4 Å². The summed E-state index contributed by atoms with van der Waals surface area (Å²) in [6.07, 6.45) is 1.42. The highest BCUT2D eigenvalue weighted by atomic mass is 35.5. The van der Waals surface area contributed by atoms with Crippen molar-refractivity contribution in [2.75, 3.05) is 38.7 Å². The second-order valence-corrected chi connectivity index (χ2v) is 9.17. The van der Waals surface area contributed by atoms with E-state index in [1.54, 1.807) is 11.9 Å². The molecule has 1 aromatic carbocycles. The number of hydrogen-bond donors (Lipinski definition) is 0. The number of rotatable bonds is 8. The molecule has 3 aromatic heterocycles. The predicted octanol–water partition coefficient (Wildman–Crippen LogP) is 1.46. The minimum Gasteiger partial charge on any atom is -0.494 e. The third-order valence-corrected chi connectivity index (χ3v) is 6.53. The van der Waals surface area contributed by atoms with E-state index in [0.717, 1.165) is 20.5 Å². The topological polar surface area (TPSA) is 107 Å². The number of likely N-dealkylation sites (N-methyl/N-ethyl adjacent to an activating group) is 1. The van der Waals surface area contributed by atoms with Crippen LogP contribution in [0.1, 0.15) is 6.92 Å². The number of ether oxygens (including phenoxy) is 1. The summed E-state index contributed by atoms with van der Waals surface area (Å²) in [6, 6.07) is 5.66. The first-order chi connectivity index (χ1) is 16.2. The van der Waals surface area contributed by atoms with Crippen molar-refractivity contribution in [3.63, 3.8) is 0 Å². The number of carbonyl (C=O) groups excluding carboxylic acids is 1. The molecule has 11 nitrogen and oxygen atoms in total. The lowest BCUT2D eigenvalue weighted by Gasteiger charge is -2.22. The number of anilines is 1. The maximum atomic E-state index is 13.5. The summed E-state index contributed by atoms with van der Waals surface area (Å²) < 4.78 is 10.3. The van der Waals surface area contributed by atoms with E-state index in [0.29, 0.717) is 24.8 Å². The van der Waals surface area contributed by atoms with Crippen LogP contribution in [-0.2, 0) is 25.4 Å². The molecule has 13 heteroatoms. The summed E-state index contributed by atoms with van der Waals surface area (Å²) in [7, 11) is 6.82. The molecule has 0 aliphatic heterocycles. The molecule has 0 bridgehead atoms. The van der Waals surface area contributed by atoms with Crippen molar-refractivity contribution in [2.24, 2.45) is 14.1 Å². The zero-order valence-corrected chi connectivity index (χ0v) is 21.9. The lowest BCUT2D eigenvalue weighted by molar-refractivity contribution is -0.119. The van der Waals surface area contributed by atoms with Crippen LogP contribution >= 0.6 is 23.7 Å². The highest BCUT2D eigenvalue weighted by Gasteiger charge is 2.23. The van der Waals surface area contributed by atoms with Gasteiger partial charge in [0.1, 0.15) is 12.3 Å². The van der Waals surface area contributed by atoms with Gasteiger partial charge in [-0.15, -0.1) is 12.4 Å². The smallest absolute Gasteiger partial charge is 0.332 e. The number of hydrogen-bond acceptors (Lipinski definition) is 8. The van der Waals surface area contributed by atoms with Gasteiger partial charge in [-0.1, -0.05) is 11.3 Å². The van der Waals surface area contributed by atoms with Gasteiger partial charge in [-0.2, -0.15) is 0 Å². The molecule has 0 spiro atoms. The van der Waals surface area contributed by atoms with E-state index in [1.165, 1.54) is 33.8 Å². The van der Waals surface area contributed by atoms with Gasteiger partial charge in [0.05, 0.1) is 23.2 Å². The maximum absolute atomic E-state index is 13.5. The van der Waals surface area contributed by atoms with Crippen molar-refractivity contribution in [3.8, 4) is 5.75 Å². The van der Waals surface area contributed by atoms with Gasteiger partial charge in [-0.25, -0.2) is 14.8 Å². The number of aromatic nitrogens is 5. The Morgan fingerprint density at radius 1 is 1.14 bits per heavy atom. The molecule has 1 amide bonds. The summed E-state index contributed by atoms with van der Waals surface area (Å²) in [4.78, 5) is 50.9. The van der Waals surface area contributed by atoms with Gasteiger partial charge in [-0.3, -0.25) is 23.6 Å². The minimum atomic E-state index is -0.494. The highest BCUT2D eigenvalue weighted by molar-refractivity contribution is 7.22. The second-order valence-electron chi connectivity index (χ2n) is 8.16. The van der Waals surface area contributed by atoms with E-state index in [2.05, 4.69) is 9.97 Å². The number of carbonyl (C=O) groups is 1. The number of fused-ring (bicyclic) bond motifs is 2. The highest BCUT2D eigenvalue weighted by Crippen LogP contribution is 2.31. The van der Waals surface area contributed by atoms with Crippen LogP contribution in [0.3, 0.4) is 0 Å². The van der Waals surface area contributed by atoms with Crippen molar-refractivity contribution in [3.05, 3.63) is 45.4 Å². The lowest BCUT2D eigenvalue weighted by Crippen LogP contribution is -2.40. The Kier molecular flexibility index (Phi) is 7.98. The Morgan fingerprint density at radius 3 is 2.57 bits per heavy atom. The van der Waals surface area contributed by atoms with Gasteiger partial charge in [0.2, 0.25) is 5.91 Å². The van der Waals surface area contributed by atoms with E-state index >= 15 is 0 Å². The minimum absolute atomic E-state index is 0. The van der Waals surface area contributed by atoms with E-state index in [9.17, 15) is 14.4 Å². The molecule has 4 rings (SSSR count). The molecule has 0 aliphatic rings. The lowest BCUT2D eigenvalue weighted by atomic mass is 10.3. The Bertz CT molecular complexity index is 1490. The fraction of sp³-hybridized carbons (Fsp3) is 0.409. The summed E-state index contributed by atoms with van der Waals surface area (Å²) in [5.41, 5.74) is 0.262. The SMILES string of the molecule is CCOc1ccc2nc(N(CCN(C)C)C(=O)Cn3cnc4c3c(=O)n(C)c(=O)n4C)sc2c1.Cl. The first kappa shape index (κ1) is 26.4. The van der Waals surface area contributed by atoms with Gasteiger partial charge in [0, 0.05) is 27.2 Å². The van der Waals surface area contributed by atoms with Crippen LogP contribution in [0.2, 0.25) is 0 Å². The zero-order chi connectivity index (χ0) is 24.6. The van der Waals surface area contributed by atoms with E-state index < -0.39 is 11.2 Å². The van der Waals surface area contributed by atoms with Crippen molar-refractivity contribution in [2.45, 2.75) is 13.5 Å². The van der Waals surface area contributed by atoms with Crippen molar-refractivity contribution in [1.82, 2.24) is 28.6 Å². The molecule has 3 heterocycles. The summed E-state index contributed by atoms with van der Waals surface area (Å²) in [6.45, 7) is 3.43. The number of nitrogens with zero attached hydrogens (tertiary/aromatic N) is 7. The number of aryl methyl sites for hydroxylation is 1. The molecule has 0 aliphatic carbocycles. The molecule has 35 heavy (non-hydrogen) atoms. The number of benzene rings is 1. The van der Waals surface area contributed by atoms with E-state index in [4.69, 9.17) is 4.74 Å². The van der Waals surface area contributed by atoms with Crippen molar-refractivity contribution in [1.29, 1.82) is 0 Å². The van der Waals surface area contributed by atoms with E-state index in [-0.39, 0.29) is 36.0 Å². The molecule has 0 radical (unpaired) electrons. The Balaban J connectivity index is 0.00000342. The quantitative estimate of drug-likeness (QED) is 0.345. The molecule has 4 aromatic rings. The van der Waals surface area contributed by atoms with Crippen LogP contribution in [0.4, 0.5) is 5.13 Å².